The van der Waals surface area contributed by atoms with Gasteiger partial charge in [0.1, 0.15) is 0 Å². The van der Waals surface area contributed by atoms with Crippen LogP contribution in [0.2, 0.25) is 0 Å². The average molecular weight is 440 g/mol. The van der Waals surface area contributed by atoms with Gasteiger partial charge < -0.3 is 20.6 Å². The summed E-state index contributed by atoms with van der Waals surface area (Å²) in [6.45, 7) is 8.66. The molecule has 0 aliphatic heterocycles. The van der Waals surface area contributed by atoms with E-state index in [1.165, 1.54) is 0 Å². The molecule has 0 heterocycles. The second-order valence-corrected chi connectivity index (χ2v) is 9.98. The van der Waals surface area contributed by atoms with E-state index in [4.69, 9.17) is 0 Å². The molecule has 5 nitrogen and oxygen atoms in total. The van der Waals surface area contributed by atoms with Gasteiger partial charge in [-0.1, -0.05) is 81.4 Å². The lowest BCUT2D eigenvalue weighted by Crippen LogP contribution is -2.50. The quantitative estimate of drug-likeness (QED) is 0.447. The van der Waals surface area contributed by atoms with Crippen molar-refractivity contribution in [3.8, 4) is 0 Å². The third-order valence-corrected chi connectivity index (χ3v) is 5.67. The molecule has 2 aromatic carbocycles. The van der Waals surface area contributed by atoms with Gasteiger partial charge in [-0.15, -0.1) is 0 Å². The molecular weight excluding hydrogens is 398 g/mol. The fourth-order valence-electron chi connectivity index (χ4n) is 4.21. The number of benzene rings is 2. The smallest absolute Gasteiger partial charge is 0.220 e. The summed E-state index contributed by atoms with van der Waals surface area (Å²) in [5.41, 5.74) is 2.33. The molecule has 3 N–H and O–H groups in total. The molecule has 0 aliphatic rings. The van der Waals surface area contributed by atoms with Gasteiger partial charge in [0.25, 0.3) is 0 Å². The van der Waals surface area contributed by atoms with Crippen LogP contribution >= 0.6 is 0 Å². The number of carbonyl (C=O) groups excluding carboxylic acids is 1. The molecule has 1 unspecified atom stereocenters. The summed E-state index contributed by atoms with van der Waals surface area (Å²) in [4.78, 5) is 15.0. The van der Waals surface area contributed by atoms with Gasteiger partial charge in [0.2, 0.25) is 5.91 Å². The topological polar surface area (TPSA) is 64.6 Å². The molecule has 0 saturated carbocycles. The van der Waals surface area contributed by atoms with Gasteiger partial charge in [-0.3, -0.25) is 4.79 Å². The fraction of sp³-hybridized carbons (Fsp3) is 0.519. The number of hydrogen-bond acceptors (Lipinski definition) is 4. The van der Waals surface area contributed by atoms with Crippen molar-refractivity contribution in [2.24, 2.45) is 5.41 Å². The molecule has 1 amide bonds. The van der Waals surface area contributed by atoms with Crippen molar-refractivity contribution in [1.29, 1.82) is 0 Å². The van der Waals surface area contributed by atoms with Crippen LogP contribution in [0.25, 0.3) is 0 Å². The minimum atomic E-state index is -0.679. The zero-order chi connectivity index (χ0) is 23.6. The third kappa shape index (κ3) is 9.51. The maximum Gasteiger partial charge on any atom is 0.220 e. The Morgan fingerprint density at radius 2 is 1.62 bits per heavy atom. The summed E-state index contributed by atoms with van der Waals surface area (Å²) in [5.74, 6) is 0.0879. The molecule has 2 rings (SSSR count). The van der Waals surface area contributed by atoms with Crippen molar-refractivity contribution in [3.05, 3.63) is 71.8 Å². The van der Waals surface area contributed by atoms with Crippen molar-refractivity contribution >= 4 is 5.91 Å². The predicted octanol–water partition coefficient (Wildman–Crippen LogP) is 3.45. The van der Waals surface area contributed by atoms with Crippen LogP contribution in [-0.2, 0) is 11.2 Å². The summed E-state index contributed by atoms with van der Waals surface area (Å²) >= 11 is 0. The maximum absolute atomic E-state index is 12.8. The van der Waals surface area contributed by atoms with E-state index in [2.05, 4.69) is 50.4 Å². The standard InChI is InChI=1S/C27H41N3O2/c1-21(23-14-10-7-11-15-23)16-26(32)29-24(17-22-12-8-6-9-13-22)25(31)18-28-19-27(2,3)20-30(4)5/h6-15,21,24-25,28,31H,16-20H2,1-5H3,(H,29,32)/t21?,24-,25+/m0/s1. The van der Waals surface area contributed by atoms with Crippen LogP contribution in [0.4, 0.5) is 0 Å². The first kappa shape index (κ1) is 26.0. The molecule has 0 aromatic heterocycles. The molecule has 32 heavy (non-hydrogen) atoms. The number of aliphatic hydroxyl groups is 1. The van der Waals surface area contributed by atoms with E-state index in [9.17, 15) is 9.90 Å². The maximum atomic E-state index is 12.8. The van der Waals surface area contributed by atoms with E-state index in [-0.39, 0.29) is 23.3 Å². The highest BCUT2D eigenvalue weighted by atomic mass is 16.3. The summed E-state index contributed by atoms with van der Waals surface area (Å²) < 4.78 is 0. The molecule has 0 spiro atoms. The van der Waals surface area contributed by atoms with Crippen LogP contribution in [0.3, 0.4) is 0 Å². The highest BCUT2D eigenvalue weighted by molar-refractivity contribution is 5.77. The van der Waals surface area contributed by atoms with Crippen molar-refractivity contribution in [2.75, 3.05) is 33.7 Å². The van der Waals surface area contributed by atoms with Crippen LogP contribution in [0, 0.1) is 5.41 Å². The van der Waals surface area contributed by atoms with Crippen molar-refractivity contribution < 1.29 is 9.90 Å². The number of amides is 1. The van der Waals surface area contributed by atoms with Crippen LogP contribution < -0.4 is 10.6 Å². The molecule has 0 fully saturated rings. The first-order valence-electron chi connectivity index (χ1n) is 11.6. The van der Waals surface area contributed by atoms with Gasteiger partial charge in [0.15, 0.2) is 0 Å². The Morgan fingerprint density at radius 1 is 1.03 bits per heavy atom. The first-order valence-corrected chi connectivity index (χ1v) is 11.6. The Balaban J connectivity index is 1.97. The average Bonchev–Trinajstić information content (AvgIpc) is 2.73. The summed E-state index contributed by atoms with van der Waals surface area (Å²) in [5, 5.41) is 17.5. The monoisotopic (exact) mass is 439 g/mol. The minimum Gasteiger partial charge on any atom is -0.390 e. The predicted molar refractivity (Wildman–Crippen MR) is 133 cm³/mol. The SMILES string of the molecule is CC(CC(=O)N[C@@H](Cc1ccccc1)[C@H](O)CNCC(C)(C)CN(C)C)c1ccccc1. The van der Waals surface area contributed by atoms with Crippen LogP contribution in [0.5, 0.6) is 0 Å². The molecular formula is C27H41N3O2. The molecule has 0 saturated heterocycles. The lowest BCUT2D eigenvalue weighted by atomic mass is 9.92. The Bertz CT molecular complexity index is 793. The van der Waals surface area contributed by atoms with Crippen LogP contribution in [0.1, 0.15) is 44.2 Å². The van der Waals surface area contributed by atoms with E-state index in [1.807, 2.05) is 60.7 Å². The number of nitrogens with zero attached hydrogens (tertiary/aromatic N) is 1. The van der Waals surface area contributed by atoms with Gasteiger partial charge in [0.05, 0.1) is 12.1 Å². The minimum absolute atomic E-state index is 0.0331. The highest BCUT2D eigenvalue weighted by Gasteiger charge is 2.24. The van der Waals surface area contributed by atoms with E-state index in [1.54, 1.807) is 0 Å². The summed E-state index contributed by atoms with van der Waals surface area (Å²) in [7, 11) is 4.14. The second-order valence-electron chi connectivity index (χ2n) is 9.98. The second kappa shape index (κ2) is 12.7. The summed E-state index contributed by atoms with van der Waals surface area (Å²) in [6.07, 6.45) is 0.308. The molecule has 176 valence electrons. The zero-order valence-electron chi connectivity index (χ0n) is 20.3. The Kier molecular flexibility index (Phi) is 10.4. The lowest BCUT2D eigenvalue weighted by molar-refractivity contribution is -0.123. The van der Waals surface area contributed by atoms with Crippen molar-refractivity contribution in [1.82, 2.24) is 15.5 Å². The molecule has 5 heteroatoms. The largest absolute Gasteiger partial charge is 0.390 e. The Morgan fingerprint density at radius 3 is 2.22 bits per heavy atom. The molecule has 0 bridgehead atoms. The van der Waals surface area contributed by atoms with E-state index >= 15 is 0 Å². The molecule has 2 aromatic rings. The van der Waals surface area contributed by atoms with Gasteiger partial charge in [-0.05, 0) is 43.0 Å². The fourth-order valence-corrected chi connectivity index (χ4v) is 4.21. The van der Waals surface area contributed by atoms with Gasteiger partial charge in [-0.25, -0.2) is 0 Å². The molecule has 0 radical (unpaired) electrons. The third-order valence-electron chi connectivity index (χ3n) is 5.67. The number of aliphatic hydroxyl groups excluding tert-OH is 1. The highest BCUT2D eigenvalue weighted by Crippen LogP contribution is 2.19. The Labute approximate surface area is 194 Å². The van der Waals surface area contributed by atoms with Crippen molar-refractivity contribution in [2.45, 2.75) is 51.7 Å². The van der Waals surface area contributed by atoms with E-state index in [0.29, 0.717) is 19.4 Å². The zero-order valence-corrected chi connectivity index (χ0v) is 20.3. The number of hydrogen-bond donors (Lipinski definition) is 3. The van der Waals surface area contributed by atoms with Gasteiger partial charge >= 0.3 is 0 Å². The van der Waals surface area contributed by atoms with Gasteiger partial charge in [0, 0.05) is 26.1 Å². The normalized spacial score (nSPS) is 14.7. The van der Waals surface area contributed by atoms with E-state index < -0.39 is 6.10 Å². The lowest BCUT2D eigenvalue weighted by Gasteiger charge is -2.30. The van der Waals surface area contributed by atoms with Crippen LogP contribution in [0.15, 0.2) is 60.7 Å². The Hall–Kier alpha value is -2.21. The number of rotatable bonds is 13. The van der Waals surface area contributed by atoms with Gasteiger partial charge in [-0.2, -0.15) is 0 Å². The number of nitrogens with one attached hydrogen (secondary N) is 2. The molecule has 3 atom stereocenters. The summed E-state index contributed by atoms with van der Waals surface area (Å²) in [6, 6.07) is 19.7. The first-order chi connectivity index (χ1) is 15.2. The van der Waals surface area contributed by atoms with E-state index in [0.717, 1.165) is 24.2 Å². The van der Waals surface area contributed by atoms with Crippen molar-refractivity contribution in [3.63, 3.8) is 0 Å². The van der Waals surface area contributed by atoms with Crippen LogP contribution in [-0.4, -0.2) is 61.8 Å². The number of carbonyl (C=O) groups is 1. The molecule has 0 aliphatic carbocycles.